The molecule has 0 aliphatic carbocycles. The Morgan fingerprint density at radius 3 is 2.47 bits per heavy atom. The number of nitriles is 1. The van der Waals surface area contributed by atoms with Crippen molar-refractivity contribution >= 4 is 29.3 Å². The fraction of sp³-hybridized carbons (Fsp3) is 0.0667. The Bertz CT molecular complexity index is 644. The summed E-state index contributed by atoms with van der Waals surface area (Å²) in [6.45, 7) is 0. The maximum Gasteiger partial charge on any atom is 0.153 e. The Kier molecular flexibility index (Phi) is 3.84. The van der Waals surface area contributed by atoms with Crippen molar-refractivity contribution in [3.63, 3.8) is 0 Å². The molecule has 0 atom stereocenters. The molecule has 2 aromatic carbocycles. The number of aldehydes is 1. The van der Waals surface area contributed by atoms with Gasteiger partial charge in [0.2, 0.25) is 0 Å². The molecule has 2 rings (SSSR count). The monoisotopic (exact) mass is 270 g/mol. The second-order valence-electron chi connectivity index (χ2n) is 4.01. The van der Waals surface area contributed by atoms with Gasteiger partial charge in [-0.2, -0.15) is 5.26 Å². The highest BCUT2D eigenvalue weighted by Gasteiger charge is 2.11. The summed E-state index contributed by atoms with van der Waals surface area (Å²) in [4.78, 5) is 13.0. The lowest BCUT2D eigenvalue weighted by Gasteiger charge is -2.21. The molecule has 19 heavy (non-hydrogen) atoms. The first-order chi connectivity index (χ1) is 9.17. The largest absolute Gasteiger partial charge is 0.344 e. The van der Waals surface area contributed by atoms with Crippen molar-refractivity contribution in [3.8, 4) is 6.07 Å². The molecule has 2 aromatic rings. The van der Waals surface area contributed by atoms with E-state index in [4.69, 9.17) is 16.9 Å². The zero-order valence-electron chi connectivity index (χ0n) is 10.3. The van der Waals surface area contributed by atoms with Crippen LogP contribution in [0.4, 0.5) is 11.4 Å². The minimum atomic E-state index is 0.424. The lowest BCUT2D eigenvalue weighted by molar-refractivity contribution is 0.112. The van der Waals surface area contributed by atoms with E-state index in [-0.39, 0.29) is 0 Å². The number of nitrogens with zero attached hydrogens (tertiary/aromatic N) is 2. The molecule has 94 valence electrons. The molecule has 0 aliphatic heterocycles. The average molecular weight is 271 g/mol. The second kappa shape index (κ2) is 5.55. The number of benzene rings is 2. The number of hydrogen-bond donors (Lipinski definition) is 0. The van der Waals surface area contributed by atoms with Gasteiger partial charge in [-0.3, -0.25) is 4.79 Å². The van der Waals surface area contributed by atoms with Crippen molar-refractivity contribution in [1.82, 2.24) is 0 Å². The third-order valence-corrected chi connectivity index (χ3v) is 3.22. The van der Waals surface area contributed by atoms with Crippen molar-refractivity contribution in [2.45, 2.75) is 0 Å². The van der Waals surface area contributed by atoms with Crippen LogP contribution in [0.15, 0.2) is 42.5 Å². The molecule has 0 spiro atoms. The van der Waals surface area contributed by atoms with Crippen LogP contribution in [0.1, 0.15) is 15.9 Å². The van der Waals surface area contributed by atoms with Gasteiger partial charge in [0, 0.05) is 12.7 Å². The SMILES string of the molecule is CN(c1ccc(C#N)cc1)c1cccc(Cl)c1C=O. The average Bonchev–Trinajstić information content (AvgIpc) is 2.46. The first-order valence-corrected chi connectivity index (χ1v) is 6.02. The molecule has 0 bridgehead atoms. The summed E-state index contributed by atoms with van der Waals surface area (Å²) >= 11 is 6.01. The van der Waals surface area contributed by atoms with Gasteiger partial charge in [0.05, 0.1) is 27.9 Å². The number of halogens is 1. The Labute approximate surface area is 116 Å². The van der Waals surface area contributed by atoms with Gasteiger partial charge in [0.25, 0.3) is 0 Å². The summed E-state index contributed by atoms with van der Waals surface area (Å²) in [6, 6.07) is 14.5. The van der Waals surface area contributed by atoms with Crippen LogP contribution in [0, 0.1) is 11.3 Å². The van der Waals surface area contributed by atoms with Crippen LogP contribution in [0.25, 0.3) is 0 Å². The van der Waals surface area contributed by atoms with E-state index >= 15 is 0 Å². The van der Waals surface area contributed by atoms with E-state index in [1.165, 1.54) is 0 Å². The predicted molar refractivity (Wildman–Crippen MR) is 76.1 cm³/mol. The molecule has 0 amide bonds. The first-order valence-electron chi connectivity index (χ1n) is 5.65. The molecule has 0 aliphatic rings. The summed E-state index contributed by atoms with van der Waals surface area (Å²) in [5, 5.41) is 9.20. The van der Waals surface area contributed by atoms with Crippen molar-refractivity contribution in [1.29, 1.82) is 5.26 Å². The number of carbonyl (C=O) groups is 1. The number of rotatable bonds is 3. The third-order valence-electron chi connectivity index (χ3n) is 2.89. The predicted octanol–water partition coefficient (Wildman–Crippen LogP) is 3.79. The quantitative estimate of drug-likeness (QED) is 0.797. The fourth-order valence-corrected chi connectivity index (χ4v) is 2.05. The smallest absolute Gasteiger partial charge is 0.153 e. The van der Waals surface area contributed by atoms with Crippen molar-refractivity contribution in [3.05, 3.63) is 58.6 Å². The summed E-state index contributed by atoms with van der Waals surface area (Å²) < 4.78 is 0. The molecule has 3 nitrogen and oxygen atoms in total. The molecule has 0 heterocycles. The van der Waals surface area contributed by atoms with Crippen molar-refractivity contribution in [2.24, 2.45) is 0 Å². The van der Waals surface area contributed by atoms with Gasteiger partial charge in [-0.15, -0.1) is 0 Å². The van der Waals surface area contributed by atoms with Crippen molar-refractivity contribution < 1.29 is 4.79 Å². The topological polar surface area (TPSA) is 44.1 Å². The second-order valence-corrected chi connectivity index (χ2v) is 4.42. The number of hydrogen-bond acceptors (Lipinski definition) is 3. The van der Waals surface area contributed by atoms with E-state index in [1.54, 1.807) is 24.3 Å². The standard InChI is InChI=1S/C15H11ClN2O/c1-18(12-7-5-11(9-17)6-8-12)15-4-2-3-14(16)13(15)10-19/h2-8,10H,1H3. The lowest BCUT2D eigenvalue weighted by Crippen LogP contribution is -2.11. The summed E-state index contributed by atoms with van der Waals surface area (Å²) in [7, 11) is 1.85. The van der Waals surface area contributed by atoms with Crippen LogP contribution in [0.2, 0.25) is 5.02 Å². The van der Waals surface area contributed by atoms with Crippen LogP contribution < -0.4 is 4.90 Å². The summed E-state index contributed by atoms with van der Waals surface area (Å²) in [5.41, 5.74) is 2.66. The highest BCUT2D eigenvalue weighted by Crippen LogP contribution is 2.30. The molecule has 0 unspecified atom stereocenters. The van der Waals surface area contributed by atoms with Gasteiger partial charge in [-0.05, 0) is 36.4 Å². The number of anilines is 2. The Morgan fingerprint density at radius 2 is 1.89 bits per heavy atom. The van der Waals surface area contributed by atoms with Gasteiger partial charge in [-0.1, -0.05) is 17.7 Å². The molecule has 0 saturated heterocycles. The van der Waals surface area contributed by atoms with Crippen LogP contribution in [-0.4, -0.2) is 13.3 Å². The molecular weight excluding hydrogens is 260 g/mol. The normalized spacial score (nSPS) is 9.74. The minimum Gasteiger partial charge on any atom is -0.344 e. The van der Waals surface area contributed by atoms with E-state index in [0.717, 1.165) is 17.7 Å². The van der Waals surface area contributed by atoms with Gasteiger partial charge in [0.1, 0.15) is 0 Å². The zero-order chi connectivity index (χ0) is 13.8. The van der Waals surface area contributed by atoms with Crippen LogP contribution in [0.3, 0.4) is 0 Å². The molecule has 0 N–H and O–H groups in total. The molecule has 0 aromatic heterocycles. The Hall–Kier alpha value is -2.31. The number of carbonyl (C=O) groups excluding carboxylic acids is 1. The van der Waals surface area contributed by atoms with E-state index in [2.05, 4.69) is 6.07 Å². The molecule has 0 saturated carbocycles. The zero-order valence-corrected chi connectivity index (χ0v) is 11.1. The van der Waals surface area contributed by atoms with Crippen LogP contribution in [-0.2, 0) is 0 Å². The molecule has 0 radical (unpaired) electrons. The molecule has 0 fully saturated rings. The van der Waals surface area contributed by atoms with E-state index in [0.29, 0.717) is 16.1 Å². The Balaban J connectivity index is 2.44. The van der Waals surface area contributed by atoms with Crippen molar-refractivity contribution in [2.75, 3.05) is 11.9 Å². The highest BCUT2D eigenvalue weighted by atomic mass is 35.5. The van der Waals surface area contributed by atoms with Gasteiger partial charge in [-0.25, -0.2) is 0 Å². The summed E-state index contributed by atoms with van der Waals surface area (Å²) in [5.74, 6) is 0. The highest BCUT2D eigenvalue weighted by molar-refractivity contribution is 6.33. The van der Waals surface area contributed by atoms with E-state index < -0.39 is 0 Å². The van der Waals surface area contributed by atoms with E-state index in [1.807, 2.05) is 30.1 Å². The maximum absolute atomic E-state index is 11.1. The molecular formula is C15H11ClN2O. The van der Waals surface area contributed by atoms with Crippen LogP contribution >= 0.6 is 11.6 Å². The first kappa shape index (κ1) is 13.1. The third kappa shape index (κ3) is 2.59. The Morgan fingerprint density at radius 1 is 1.21 bits per heavy atom. The van der Waals surface area contributed by atoms with E-state index in [9.17, 15) is 4.79 Å². The lowest BCUT2D eigenvalue weighted by atomic mass is 10.1. The van der Waals surface area contributed by atoms with Crippen LogP contribution in [0.5, 0.6) is 0 Å². The van der Waals surface area contributed by atoms with Gasteiger partial charge < -0.3 is 4.90 Å². The van der Waals surface area contributed by atoms with Gasteiger partial charge in [0.15, 0.2) is 6.29 Å². The van der Waals surface area contributed by atoms with Gasteiger partial charge >= 0.3 is 0 Å². The maximum atomic E-state index is 11.1. The molecule has 4 heteroatoms. The minimum absolute atomic E-state index is 0.424. The summed E-state index contributed by atoms with van der Waals surface area (Å²) in [6.07, 6.45) is 0.748. The fourth-order valence-electron chi connectivity index (χ4n) is 1.83.